The van der Waals surface area contributed by atoms with E-state index in [-0.39, 0.29) is 17.9 Å². The van der Waals surface area contributed by atoms with Gasteiger partial charge < -0.3 is 19.5 Å². The van der Waals surface area contributed by atoms with E-state index in [1.165, 1.54) is 26.4 Å². The number of ether oxygens (including phenoxy) is 3. The van der Waals surface area contributed by atoms with Gasteiger partial charge in [-0.05, 0) is 12.1 Å². The van der Waals surface area contributed by atoms with Crippen LogP contribution in [0.2, 0.25) is 0 Å². The molecule has 0 aliphatic heterocycles. The zero-order chi connectivity index (χ0) is 17.2. The number of hydrogen-bond donors (Lipinski definition) is 1. The summed E-state index contributed by atoms with van der Waals surface area (Å²) in [5.41, 5.74) is -0.107. The lowest BCUT2D eigenvalue weighted by molar-refractivity contribution is -0.142. The highest BCUT2D eigenvalue weighted by atomic mass is 16.6. The van der Waals surface area contributed by atoms with E-state index in [0.29, 0.717) is 17.2 Å². The molecule has 1 rings (SSSR count). The predicted octanol–water partition coefficient (Wildman–Crippen LogP) is 1.48. The molecule has 8 heteroatoms. The number of nitrogens with one attached hydrogen (secondary N) is 1. The summed E-state index contributed by atoms with van der Waals surface area (Å²) in [6.45, 7) is -0.282. The van der Waals surface area contributed by atoms with Crippen molar-refractivity contribution in [2.24, 2.45) is 0 Å². The molecule has 1 aromatic carbocycles. The lowest BCUT2D eigenvalue weighted by Crippen LogP contribution is -2.13. The predicted molar refractivity (Wildman–Crippen MR) is 78.0 cm³/mol. The Morgan fingerprint density at radius 2 is 1.83 bits per heavy atom. The molecule has 0 unspecified atom stereocenters. The fourth-order valence-electron chi connectivity index (χ4n) is 1.49. The summed E-state index contributed by atoms with van der Waals surface area (Å²) in [5, 5.41) is 29.2. The first kappa shape index (κ1) is 17.4. The second kappa shape index (κ2) is 8.56. The van der Waals surface area contributed by atoms with Gasteiger partial charge in [0, 0.05) is 11.8 Å². The fourth-order valence-corrected chi connectivity index (χ4v) is 1.49. The highest BCUT2D eigenvalue weighted by Gasteiger charge is 2.11. The van der Waals surface area contributed by atoms with E-state index in [4.69, 9.17) is 25.3 Å². The molecule has 0 aliphatic rings. The summed E-state index contributed by atoms with van der Waals surface area (Å²) in [6, 6.07) is 9.55. The number of carbonyl (C=O) groups is 1. The van der Waals surface area contributed by atoms with Crippen molar-refractivity contribution in [1.29, 1.82) is 15.8 Å². The number of nitriles is 3. The lowest BCUT2D eigenvalue weighted by atomic mass is 10.2. The van der Waals surface area contributed by atoms with Gasteiger partial charge in [-0.3, -0.25) is 0 Å². The van der Waals surface area contributed by atoms with Crippen molar-refractivity contribution in [3.8, 4) is 29.7 Å². The number of benzene rings is 1. The molecule has 0 heterocycles. The Bertz CT molecular complexity index is 734. The molecule has 1 aromatic rings. The Morgan fingerprint density at radius 3 is 2.35 bits per heavy atom. The summed E-state index contributed by atoms with van der Waals surface area (Å²) in [4.78, 5) is 11.1. The molecule has 0 amide bonds. The number of anilines is 1. The second-order valence-corrected chi connectivity index (χ2v) is 3.94. The molecule has 1 N–H and O–H groups in total. The van der Waals surface area contributed by atoms with Crippen LogP contribution in [0.5, 0.6) is 11.5 Å². The molecule has 0 fully saturated rings. The van der Waals surface area contributed by atoms with Crippen LogP contribution in [0.3, 0.4) is 0 Å². The third-order valence-corrected chi connectivity index (χ3v) is 2.59. The number of nitrogens with zero attached hydrogens (tertiary/aromatic N) is 3. The van der Waals surface area contributed by atoms with E-state index in [2.05, 4.69) is 10.1 Å². The topological polar surface area (TPSA) is 128 Å². The van der Waals surface area contributed by atoms with Gasteiger partial charge in [0.05, 0.1) is 14.2 Å². The minimum atomic E-state index is -0.545. The molecule has 23 heavy (non-hydrogen) atoms. The molecule has 0 aliphatic carbocycles. The maximum atomic E-state index is 11.1. The minimum absolute atomic E-state index is 0.180. The van der Waals surface area contributed by atoms with Gasteiger partial charge in [-0.2, -0.15) is 15.8 Å². The van der Waals surface area contributed by atoms with Gasteiger partial charge in [0.2, 0.25) is 0 Å². The van der Waals surface area contributed by atoms with E-state index in [1.54, 1.807) is 24.3 Å². The molecule has 0 radical (unpaired) electrons. The van der Waals surface area contributed by atoms with Gasteiger partial charge in [-0.1, -0.05) is 0 Å². The monoisotopic (exact) mass is 312 g/mol. The molecular weight excluding hydrogens is 300 g/mol. The number of hydrogen-bond acceptors (Lipinski definition) is 8. The molecule has 0 saturated carbocycles. The largest absolute Gasteiger partial charge is 0.493 e. The van der Waals surface area contributed by atoms with Gasteiger partial charge >= 0.3 is 5.97 Å². The maximum Gasteiger partial charge on any atom is 0.343 e. The van der Waals surface area contributed by atoms with Crippen LogP contribution in [0.1, 0.15) is 0 Å². The molecular formula is C15H12N4O4. The number of methoxy groups -OCH3 is 2. The standard InChI is InChI=1S/C15H12N4O4/c1-21-14-5-11(19-12(8-18)10(6-16)7-17)3-4-13(14)23-9-15(20)22-2/h3-5,19H,9H2,1-2H3. The highest BCUT2D eigenvalue weighted by Crippen LogP contribution is 2.30. The molecule has 0 atom stereocenters. The molecule has 116 valence electrons. The molecule has 0 saturated heterocycles. The van der Waals surface area contributed by atoms with E-state index < -0.39 is 5.97 Å². The zero-order valence-corrected chi connectivity index (χ0v) is 12.4. The summed E-state index contributed by atoms with van der Waals surface area (Å²) in [6.07, 6.45) is 0. The van der Waals surface area contributed by atoms with Crippen molar-refractivity contribution >= 4 is 11.7 Å². The summed E-state index contributed by atoms with van der Waals surface area (Å²) < 4.78 is 14.8. The van der Waals surface area contributed by atoms with Crippen LogP contribution in [0.4, 0.5) is 5.69 Å². The number of carbonyl (C=O) groups excluding carboxylic acids is 1. The SMILES string of the molecule is COC(=O)COc1ccc(NC(C#N)=C(C#N)C#N)cc1OC. The van der Waals surface area contributed by atoms with E-state index in [0.717, 1.165) is 0 Å². The van der Waals surface area contributed by atoms with Gasteiger partial charge in [0.15, 0.2) is 23.7 Å². The number of allylic oxidation sites excluding steroid dienone is 2. The van der Waals surface area contributed by atoms with Gasteiger partial charge in [-0.15, -0.1) is 0 Å². The minimum Gasteiger partial charge on any atom is -0.493 e. The van der Waals surface area contributed by atoms with Crippen molar-refractivity contribution in [3.63, 3.8) is 0 Å². The van der Waals surface area contributed by atoms with Gasteiger partial charge in [0.25, 0.3) is 0 Å². The van der Waals surface area contributed by atoms with E-state index >= 15 is 0 Å². The third kappa shape index (κ3) is 4.66. The Labute approximate surface area is 132 Å². The first-order valence-corrected chi connectivity index (χ1v) is 6.18. The van der Waals surface area contributed by atoms with Crippen LogP contribution in [0.15, 0.2) is 29.5 Å². The van der Waals surface area contributed by atoms with Crippen molar-refractivity contribution in [2.75, 3.05) is 26.1 Å². The highest BCUT2D eigenvalue weighted by molar-refractivity contribution is 5.71. The lowest BCUT2D eigenvalue weighted by Gasteiger charge is -2.12. The molecule has 0 bridgehead atoms. The Balaban J connectivity index is 3.03. The van der Waals surface area contributed by atoms with Crippen molar-refractivity contribution in [3.05, 3.63) is 29.5 Å². The molecule has 8 nitrogen and oxygen atoms in total. The molecule has 0 aromatic heterocycles. The van der Waals surface area contributed by atoms with Crippen LogP contribution in [-0.4, -0.2) is 26.8 Å². The van der Waals surface area contributed by atoms with Crippen molar-refractivity contribution in [2.45, 2.75) is 0 Å². The van der Waals surface area contributed by atoms with Crippen LogP contribution >= 0.6 is 0 Å². The van der Waals surface area contributed by atoms with E-state index in [9.17, 15) is 4.79 Å². The Hall–Kier alpha value is -3.70. The van der Waals surface area contributed by atoms with Crippen molar-refractivity contribution < 1.29 is 19.0 Å². The first-order valence-electron chi connectivity index (χ1n) is 6.18. The summed E-state index contributed by atoms with van der Waals surface area (Å²) >= 11 is 0. The van der Waals surface area contributed by atoms with Crippen LogP contribution in [0.25, 0.3) is 0 Å². The molecule has 0 spiro atoms. The van der Waals surface area contributed by atoms with Crippen LogP contribution in [-0.2, 0) is 9.53 Å². The third-order valence-electron chi connectivity index (χ3n) is 2.59. The van der Waals surface area contributed by atoms with Gasteiger partial charge in [0.1, 0.15) is 23.9 Å². The number of rotatable bonds is 6. The zero-order valence-electron chi connectivity index (χ0n) is 12.4. The quantitative estimate of drug-likeness (QED) is 0.618. The normalized spacial score (nSPS) is 8.65. The van der Waals surface area contributed by atoms with Crippen LogP contribution in [0, 0.1) is 34.0 Å². The Morgan fingerprint density at radius 1 is 1.13 bits per heavy atom. The summed E-state index contributed by atoms with van der Waals surface area (Å²) in [5.74, 6) is 0.0509. The smallest absolute Gasteiger partial charge is 0.343 e. The Kier molecular flexibility index (Phi) is 6.46. The average Bonchev–Trinajstić information content (AvgIpc) is 2.59. The van der Waals surface area contributed by atoms with E-state index in [1.807, 2.05) is 0 Å². The fraction of sp³-hybridized carbons (Fsp3) is 0.200. The van der Waals surface area contributed by atoms with Crippen LogP contribution < -0.4 is 14.8 Å². The first-order chi connectivity index (χ1) is 11.1. The van der Waals surface area contributed by atoms with Crippen molar-refractivity contribution in [1.82, 2.24) is 0 Å². The number of esters is 1. The summed E-state index contributed by atoms with van der Waals surface area (Å²) in [7, 11) is 2.65. The second-order valence-electron chi connectivity index (χ2n) is 3.94. The van der Waals surface area contributed by atoms with Gasteiger partial charge in [-0.25, -0.2) is 4.79 Å². The maximum absolute atomic E-state index is 11.1. The average molecular weight is 312 g/mol.